The molecule has 0 aromatic rings. The topological polar surface area (TPSA) is 273 Å². The fourth-order valence-corrected chi connectivity index (χ4v) is 0. The van der Waals surface area contributed by atoms with Crippen LogP contribution in [0.4, 0.5) is 19.2 Å². The zero-order chi connectivity index (χ0) is 14.3. The summed E-state index contributed by atoms with van der Waals surface area (Å²) in [5.74, 6) is 0. The third-order valence-electron chi connectivity index (χ3n) is 0. The maximum Gasteiger partial charge on any atom is 3.00 e. The first kappa shape index (κ1) is 43.4. The second kappa shape index (κ2) is 36.0. The first-order valence-electron chi connectivity index (χ1n) is 2.53. The van der Waals surface area contributed by atoms with Crippen molar-refractivity contribution in [3.05, 3.63) is 0 Å². The van der Waals surface area contributed by atoms with Gasteiger partial charge in [0.15, 0.2) is 0 Å². The molecule has 0 aromatic heterocycles. The fourth-order valence-electron chi connectivity index (χ4n) is 0. The molecular formula is C4H6AlLiO13. The van der Waals surface area contributed by atoms with Crippen LogP contribution in [0.25, 0.3) is 0 Å². The molecule has 0 unspecified atom stereocenters. The molecule has 0 fully saturated rings. The molecule has 0 rings (SSSR count). The zero-order valence-electron chi connectivity index (χ0n) is 9.13. The van der Waals surface area contributed by atoms with Crippen LogP contribution in [0.2, 0.25) is 0 Å². The van der Waals surface area contributed by atoms with Crippen molar-refractivity contribution in [2.75, 3.05) is 0 Å². The molecule has 0 amide bonds. The average Bonchev–Trinajstić information content (AvgIpc) is 1.76. The molecule has 0 aliphatic heterocycles. The van der Waals surface area contributed by atoms with Gasteiger partial charge in [0.1, 0.15) is 0 Å². The van der Waals surface area contributed by atoms with Crippen LogP contribution >= 0.6 is 0 Å². The molecule has 0 aromatic carbocycles. The van der Waals surface area contributed by atoms with Crippen LogP contribution in [-0.2, 0) is 0 Å². The van der Waals surface area contributed by atoms with Crippen LogP contribution in [0, 0.1) is 0 Å². The summed E-state index contributed by atoms with van der Waals surface area (Å²) < 4.78 is 0. The van der Waals surface area contributed by atoms with Gasteiger partial charge in [-0.1, -0.05) is 0 Å². The predicted molar refractivity (Wildman–Crippen MR) is 41.5 cm³/mol. The Morgan fingerprint density at radius 2 is 0.579 bits per heavy atom. The van der Waals surface area contributed by atoms with E-state index < -0.39 is 24.6 Å². The summed E-state index contributed by atoms with van der Waals surface area (Å²) in [7, 11) is 0. The van der Waals surface area contributed by atoms with E-state index in [4.69, 9.17) is 60.0 Å². The molecule has 13 nitrogen and oxygen atoms in total. The van der Waals surface area contributed by atoms with Crippen LogP contribution in [0.3, 0.4) is 0 Å². The van der Waals surface area contributed by atoms with Crippen molar-refractivity contribution < 1.29 is 84.4 Å². The standard InChI is InChI=1S/4CH2O3.Al.Li.H2O/c4*2-1(3)4;;;/h4*(H2,2,3,4);;;1H2/q;;;;+3;+1;/p-4. The fraction of sp³-hybridized carbons (Fsp3) is 0. The Morgan fingerprint density at radius 1 is 0.579 bits per heavy atom. The molecular weight excluding hydrogens is 290 g/mol. The van der Waals surface area contributed by atoms with Crippen LogP contribution in [0.1, 0.15) is 0 Å². The third-order valence-corrected chi connectivity index (χ3v) is 0. The van der Waals surface area contributed by atoms with E-state index in [9.17, 15) is 0 Å². The zero-order valence-corrected chi connectivity index (χ0v) is 10.3. The summed E-state index contributed by atoms with van der Waals surface area (Å²) in [4.78, 5) is 33.8. The van der Waals surface area contributed by atoms with Gasteiger partial charge in [0, 0.05) is 0 Å². The smallest absolute Gasteiger partial charge is 0.565 e. The van der Waals surface area contributed by atoms with Crippen molar-refractivity contribution in [3.8, 4) is 0 Å². The van der Waals surface area contributed by atoms with Crippen molar-refractivity contribution >= 4 is 42.0 Å². The monoisotopic (exact) mass is 296 g/mol. The largest absolute Gasteiger partial charge is 3.00 e. The van der Waals surface area contributed by atoms with Crippen LogP contribution in [-0.4, -0.2) is 67.9 Å². The van der Waals surface area contributed by atoms with E-state index in [1.807, 2.05) is 0 Å². The van der Waals surface area contributed by atoms with Crippen LogP contribution in [0.5, 0.6) is 0 Å². The number of carboxylic acid groups (broad SMARTS) is 8. The molecule has 0 saturated carbocycles. The first-order chi connectivity index (χ1) is 6.93. The van der Waals surface area contributed by atoms with Gasteiger partial charge < -0.3 is 65.5 Å². The third kappa shape index (κ3) is 969. The Labute approximate surface area is 127 Å². The maximum absolute atomic E-state index is 8.44. The average molecular weight is 296 g/mol. The predicted octanol–water partition coefficient (Wildman–Crippen LogP) is -8.65. The summed E-state index contributed by atoms with van der Waals surface area (Å²) >= 11 is 0. The van der Waals surface area contributed by atoms with E-state index >= 15 is 0 Å². The van der Waals surface area contributed by atoms with E-state index in [0.29, 0.717) is 0 Å². The quantitative estimate of drug-likeness (QED) is 0.303. The minimum absolute atomic E-state index is 0. The Kier molecular flexibility index (Phi) is 82.2. The van der Waals surface area contributed by atoms with Gasteiger partial charge in [0.25, 0.3) is 0 Å². The molecule has 0 spiro atoms. The summed E-state index contributed by atoms with van der Waals surface area (Å²) in [6.07, 6.45) is -8.33. The summed E-state index contributed by atoms with van der Waals surface area (Å²) in [5, 5.41) is 61.2. The van der Waals surface area contributed by atoms with Crippen LogP contribution in [0.15, 0.2) is 0 Å². The Morgan fingerprint density at radius 3 is 0.579 bits per heavy atom. The molecule has 0 aliphatic rings. The molecule has 104 valence electrons. The second-order valence-electron chi connectivity index (χ2n) is 1.06. The van der Waals surface area contributed by atoms with E-state index in [2.05, 4.69) is 0 Å². The van der Waals surface area contributed by atoms with E-state index in [0.717, 1.165) is 0 Å². The van der Waals surface area contributed by atoms with Gasteiger partial charge in [-0.05, 0) is 0 Å². The van der Waals surface area contributed by atoms with Crippen molar-refractivity contribution in [2.45, 2.75) is 0 Å². The van der Waals surface area contributed by atoms with Crippen molar-refractivity contribution in [2.24, 2.45) is 0 Å². The summed E-state index contributed by atoms with van der Waals surface area (Å²) in [5.41, 5.74) is 0. The van der Waals surface area contributed by atoms with Crippen molar-refractivity contribution in [1.82, 2.24) is 0 Å². The van der Waals surface area contributed by atoms with Gasteiger partial charge in [-0.25, -0.2) is 0 Å². The maximum atomic E-state index is 8.44. The molecule has 19 heavy (non-hydrogen) atoms. The summed E-state index contributed by atoms with van der Waals surface area (Å²) in [6, 6.07) is 0. The summed E-state index contributed by atoms with van der Waals surface area (Å²) in [6.45, 7) is 0. The second-order valence-corrected chi connectivity index (χ2v) is 1.06. The number of carbonyl (C=O) groups is 4. The molecule has 0 atom stereocenters. The van der Waals surface area contributed by atoms with Gasteiger partial charge in [0.05, 0.1) is 0 Å². The normalized spacial score (nSPS) is 5.05. The minimum atomic E-state index is -2.08. The van der Waals surface area contributed by atoms with E-state index in [1.165, 1.54) is 0 Å². The van der Waals surface area contributed by atoms with Crippen molar-refractivity contribution in [1.29, 1.82) is 0 Å². The van der Waals surface area contributed by atoms with Gasteiger partial charge >= 0.3 is 36.2 Å². The molecule has 0 radical (unpaired) electrons. The van der Waals surface area contributed by atoms with Gasteiger partial charge in [-0.2, -0.15) is 0 Å². The molecule has 0 bridgehead atoms. The first-order valence-corrected chi connectivity index (χ1v) is 2.53. The molecule has 0 saturated heterocycles. The number of rotatable bonds is 0. The number of hydrogen-bond donors (Lipinski definition) is 4. The van der Waals surface area contributed by atoms with E-state index in [-0.39, 0.29) is 41.7 Å². The van der Waals surface area contributed by atoms with E-state index in [1.54, 1.807) is 0 Å². The van der Waals surface area contributed by atoms with Gasteiger partial charge in [0.2, 0.25) is 24.6 Å². The van der Waals surface area contributed by atoms with Gasteiger partial charge in [-0.3, -0.25) is 0 Å². The molecule has 0 aliphatic carbocycles. The molecule has 15 heteroatoms. The van der Waals surface area contributed by atoms with Crippen molar-refractivity contribution in [3.63, 3.8) is 0 Å². The Bertz CT molecular complexity index is 165. The van der Waals surface area contributed by atoms with Crippen LogP contribution < -0.4 is 39.3 Å². The molecule has 6 N–H and O–H groups in total. The Hall–Kier alpha value is -1.83. The number of hydrogen-bond acceptors (Lipinski definition) is 8. The van der Waals surface area contributed by atoms with Gasteiger partial charge in [-0.15, -0.1) is 0 Å². The Balaban J connectivity index is -0.0000000192. The SMILES string of the molecule is O.O=C([O-])O.O=C([O-])O.O=C([O-])O.O=C([O-])O.[Al+3].[Li+]. The molecule has 0 heterocycles. The minimum Gasteiger partial charge on any atom is -0.565 e.